The lowest BCUT2D eigenvalue weighted by Gasteiger charge is -2.34. The van der Waals surface area contributed by atoms with Gasteiger partial charge in [-0.15, -0.1) is 0 Å². The second-order valence-electron chi connectivity index (χ2n) is 5.65. The Labute approximate surface area is 118 Å². The van der Waals surface area contributed by atoms with Crippen LogP contribution in [-0.4, -0.2) is 16.9 Å². The summed E-state index contributed by atoms with van der Waals surface area (Å²) >= 11 is 0. The molecule has 0 spiro atoms. The summed E-state index contributed by atoms with van der Waals surface area (Å²) in [5.74, 6) is 0.933. The van der Waals surface area contributed by atoms with Gasteiger partial charge in [-0.3, -0.25) is 14.9 Å². The van der Waals surface area contributed by atoms with Crippen LogP contribution in [0.25, 0.3) is 0 Å². The Balaban J connectivity index is 2.02. The van der Waals surface area contributed by atoms with Gasteiger partial charge in [-0.25, -0.2) is 0 Å². The van der Waals surface area contributed by atoms with Crippen LogP contribution in [0.15, 0.2) is 24.3 Å². The Kier molecular flexibility index (Phi) is 4.37. The Morgan fingerprint density at radius 3 is 2.50 bits per heavy atom. The van der Waals surface area contributed by atoms with Gasteiger partial charge in [0.15, 0.2) is 0 Å². The Morgan fingerprint density at radius 2 is 1.90 bits per heavy atom. The number of rotatable bonds is 3. The Bertz CT molecular complexity index is 498. The van der Waals surface area contributed by atoms with Crippen LogP contribution < -0.4 is 5.32 Å². The van der Waals surface area contributed by atoms with Crippen LogP contribution in [0.1, 0.15) is 43.5 Å². The number of nitrogens with zero attached hydrogens (tertiary/aromatic N) is 1. The van der Waals surface area contributed by atoms with E-state index in [0.717, 1.165) is 12.8 Å². The topological polar surface area (TPSA) is 72.2 Å². The zero-order valence-corrected chi connectivity index (χ0v) is 11.8. The van der Waals surface area contributed by atoms with E-state index in [9.17, 15) is 14.9 Å². The van der Waals surface area contributed by atoms with Crippen molar-refractivity contribution in [1.82, 2.24) is 5.32 Å². The van der Waals surface area contributed by atoms with E-state index in [0.29, 0.717) is 17.4 Å². The summed E-state index contributed by atoms with van der Waals surface area (Å²) in [5, 5.41) is 13.6. The highest BCUT2D eigenvalue weighted by molar-refractivity contribution is 5.94. The summed E-state index contributed by atoms with van der Waals surface area (Å²) in [6.07, 6.45) is 3.35. The van der Waals surface area contributed by atoms with Gasteiger partial charge in [-0.2, -0.15) is 0 Å². The number of hydrogen-bond donors (Lipinski definition) is 1. The molecule has 5 nitrogen and oxygen atoms in total. The molecule has 20 heavy (non-hydrogen) atoms. The molecule has 2 rings (SSSR count). The van der Waals surface area contributed by atoms with Crippen molar-refractivity contribution < 1.29 is 9.72 Å². The maximum atomic E-state index is 12.2. The molecule has 1 amide bonds. The van der Waals surface area contributed by atoms with E-state index in [1.165, 1.54) is 30.7 Å². The number of carbonyl (C=O) groups is 1. The summed E-state index contributed by atoms with van der Waals surface area (Å²) in [5.41, 5.74) is 0.474. The predicted octanol–water partition coefficient (Wildman–Crippen LogP) is 3.15. The highest BCUT2D eigenvalue weighted by Crippen LogP contribution is 2.29. The van der Waals surface area contributed by atoms with E-state index in [1.54, 1.807) is 0 Å². The number of carbonyl (C=O) groups excluding carboxylic acids is 1. The minimum absolute atomic E-state index is 0.00112. The molecule has 1 aliphatic carbocycles. The summed E-state index contributed by atoms with van der Waals surface area (Å²) in [6, 6.07) is 5.93. The first-order valence-corrected chi connectivity index (χ1v) is 7.04. The van der Waals surface area contributed by atoms with Crippen LogP contribution in [0.5, 0.6) is 0 Å². The molecule has 0 saturated heterocycles. The summed E-state index contributed by atoms with van der Waals surface area (Å²) in [4.78, 5) is 22.3. The maximum Gasteiger partial charge on any atom is 0.269 e. The third-order valence-electron chi connectivity index (χ3n) is 4.36. The molecular weight excluding hydrogens is 256 g/mol. The van der Waals surface area contributed by atoms with Crippen molar-refractivity contribution >= 4 is 11.6 Å². The molecular formula is C15H20N2O3. The third-order valence-corrected chi connectivity index (χ3v) is 4.36. The molecule has 0 radical (unpaired) electrons. The molecule has 1 saturated carbocycles. The average Bonchev–Trinajstić information content (AvgIpc) is 2.44. The summed E-state index contributed by atoms with van der Waals surface area (Å²) in [7, 11) is 0. The summed E-state index contributed by atoms with van der Waals surface area (Å²) < 4.78 is 0. The van der Waals surface area contributed by atoms with Crippen molar-refractivity contribution in [2.45, 2.75) is 39.2 Å². The number of nitro benzene ring substituents is 1. The lowest BCUT2D eigenvalue weighted by molar-refractivity contribution is -0.384. The van der Waals surface area contributed by atoms with Gasteiger partial charge in [0, 0.05) is 23.7 Å². The van der Waals surface area contributed by atoms with E-state index >= 15 is 0 Å². The zero-order valence-electron chi connectivity index (χ0n) is 11.8. The molecule has 0 heterocycles. The molecule has 1 aromatic rings. The fourth-order valence-electron chi connectivity index (χ4n) is 2.77. The Morgan fingerprint density at radius 1 is 1.25 bits per heavy atom. The first kappa shape index (κ1) is 14.5. The monoisotopic (exact) mass is 276 g/mol. The van der Waals surface area contributed by atoms with Crippen LogP contribution in [0.3, 0.4) is 0 Å². The van der Waals surface area contributed by atoms with Crippen molar-refractivity contribution in [3.63, 3.8) is 0 Å². The lowest BCUT2D eigenvalue weighted by Crippen LogP contribution is -2.43. The second kappa shape index (κ2) is 6.03. The number of benzene rings is 1. The standard InChI is InChI=1S/C15H20N2O3/c1-10-4-3-5-14(11(10)2)16-15(18)12-6-8-13(9-7-12)17(19)20/h6-11,14H,3-5H2,1-2H3,(H,16,18). The highest BCUT2D eigenvalue weighted by atomic mass is 16.6. The van der Waals surface area contributed by atoms with Crippen LogP contribution in [0, 0.1) is 22.0 Å². The van der Waals surface area contributed by atoms with Gasteiger partial charge in [-0.1, -0.05) is 26.7 Å². The molecule has 5 heteroatoms. The van der Waals surface area contributed by atoms with Gasteiger partial charge in [0.1, 0.15) is 0 Å². The average molecular weight is 276 g/mol. The van der Waals surface area contributed by atoms with Crippen molar-refractivity contribution in [3.8, 4) is 0 Å². The summed E-state index contributed by atoms with van der Waals surface area (Å²) in [6.45, 7) is 4.39. The van der Waals surface area contributed by atoms with E-state index < -0.39 is 4.92 Å². The molecule has 0 bridgehead atoms. The van der Waals surface area contributed by atoms with Crippen molar-refractivity contribution in [3.05, 3.63) is 39.9 Å². The van der Waals surface area contributed by atoms with Crippen LogP contribution in [-0.2, 0) is 0 Å². The molecule has 0 aliphatic heterocycles. The Hall–Kier alpha value is -1.91. The number of amides is 1. The maximum absolute atomic E-state index is 12.2. The first-order valence-electron chi connectivity index (χ1n) is 7.04. The molecule has 0 aromatic heterocycles. The molecule has 1 aliphatic rings. The minimum atomic E-state index is -0.466. The van der Waals surface area contributed by atoms with Gasteiger partial charge in [-0.05, 0) is 30.4 Å². The molecule has 1 aromatic carbocycles. The van der Waals surface area contributed by atoms with E-state index in [1.807, 2.05) is 0 Å². The van der Waals surface area contributed by atoms with E-state index in [4.69, 9.17) is 0 Å². The lowest BCUT2D eigenvalue weighted by atomic mass is 9.78. The molecule has 3 unspecified atom stereocenters. The van der Waals surface area contributed by atoms with Crippen molar-refractivity contribution in [2.24, 2.45) is 11.8 Å². The smallest absolute Gasteiger partial charge is 0.269 e. The third kappa shape index (κ3) is 3.15. The van der Waals surface area contributed by atoms with E-state index in [2.05, 4.69) is 19.2 Å². The van der Waals surface area contributed by atoms with Gasteiger partial charge >= 0.3 is 0 Å². The van der Waals surface area contributed by atoms with Crippen LogP contribution in [0.4, 0.5) is 5.69 Å². The SMILES string of the molecule is CC1CCCC(NC(=O)c2ccc([N+](=O)[O-])cc2)C1C. The normalized spacial score (nSPS) is 26.0. The molecule has 108 valence electrons. The number of non-ortho nitro benzene ring substituents is 1. The number of nitrogens with one attached hydrogen (secondary N) is 1. The highest BCUT2D eigenvalue weighted by Gasteiger charge is 2.28. The molecule has 3 atom stereocenters. The van der Waals surface area contributed by atoms with Gasteiger partial charge < -0.3 is 5.32 Å². The fourth-order valence-corrected chi connectivity index (χ4v) is 2.77. The minimum Gasteiger partial charge on any atom is -0.349 e. The largest absolute Gasteiger partial charge is 0.349 e. The van der Waals surface area contributed by atoms with Crippen molar-refractivity contribution in [1.29, 1.82) is 0 Å². The van der Waals surface area contributed by atoms with Gasteiger partial charge in [0.05, 0.1) is 4.92 Å². The molecule has 1 N–H and O–H groups in total. The second-order valence-corrected chi connectivity index (χ2v) is 5.65. The van der Waals surface area contributed by atoms with Crippen LogP contribution in [0.2, 0.25) is 0 Å². The first-order chi connectivity index (χ1) is 9.49. The molecule has 1 fully saturated rings. The van der Waals surface area contributed by atoms with E-state index in [-0.39, 0.29) is 17.6 Å². The zero-order chi connectivity index (χ0) is 14.7. The van der Waals surface area contributed by atoms with Crippen LogP contribution >= 0.6 is 0 Å². The number of nitro groups is 1. The van der Waals surface area contributed by atoms with Gasteiger partial charge in [0.2, 0.25) is 0 Å². The fraction of sp³-hybridized carbons (Fsp3) is 0.533. The number of hydrogen-bond acceptors (Lipinski definition) is 3. The quantitative estimate of drug-likeness (QED) is 0.681. The van der Waals surface area contributed by atoms with Crippen molar-refractivity contribution in [2.75, 3.05) is 0 Å². The predicted molar refractivity (Wildman–Crippen MR) is 76.5 cm³/mol. The van der Waals surface area contributed by atoms with Gasteiger partial charge in [0.25, 0.3) is 11.6 Å².